The van der Waals surface area contributed by atoms with E-state index in [4.69, 9.17) is 0 Å². The summed E-state index contributed by atoms with van der Waals surface area (Å²) in [6.45, 7) is 3.74. The first-order chi connectivity index (χ1) is 9.86. The van der Waals surface area contributed by atoms with Gasteiger partial charge in [-0.3, -0.25) is 15.4 Å². The lowest BCUT2D eigenvalue weighted by Crippen LogP contribution is -2.33. The Morgan fingerprint density at radius 3 is 2.90 bits per heavy atom. The van der Waals surface area contributed by atoms with Crippen molar-refractivity contribution >= 4 is 22.3 Å². The van der Waals surface area contributed by atoms with Crippen LogP contribution in [0, 0.1) is 0 Å². The summed E-state index contributed by atoms with van der Waals surface area (Å²) in [5, 5.41) is 4.71. The van der Waals surface area contributed by atoms with E-state index in [-0.39, 0.29) is 0 Å². The molecule has 1 aliphatic heterocycles. The fraction of sp³-hybridized carbons (Fsp3) is 0.235. The molecule has 0 unspecified atom stereocenters. The molecule has 0 aromatic heterocycles. The van der Waals surface area contributed by atoms with Gasteiger partial charge in [-0.25, -0.2) is 0 Å². The fourth-order valence-electron chi connectivity index (χ4n) is 2.41. The summed E-state index contributed by atoms with van der Waals surface area (Å²) < 4.78 is 0. The van der Waals surface area contributed by atoms with Gasteiger partial charge in [0.2, 0.25) is 0 Å². The standard InChI is InChI=1S/C17H19N3/c1-2-3-11-18-17-10-12-20(19-17)16-9-8-14-6-4-5-7-15(14)13-16/h2-9,13H,10-12H2,1H3,(H,18,19). The molecule has 1 saturated heterocycles. The molecule has 1 N–H and O–H groups in total. The van der Waals surface area contributed by atoms with Crippen LogP contribution in [-0.2, 0) is 0 Å². The zero-order valence-corrected chi connectivity index (χ0v) is 11.7. The number of hydrogen-bond acceptors (Lipinski definition) is 2. The Labute approximate surface area is 119 Å². The molecule has 0 atom stereocenters. The van der Waals surface area contributed by atoms with Crippen molar-refractivity contribution in [2.75, 3.05) is 18.1 Å². The third kappa shape index (κ3) is 2.67. The molecule has 2 aromatic rings. The first-order valence-electron chi connectivity index (χ1n) is 7.04. The predicted octanol–water partition coefficient (Wildman–Crippen LogP) is 3.53. The highest BCUT2D eigenvalue weighted by Gasteiger charge is 2.17. The highest BCUT2D eigenvalue weighted by atomic mass is 15.5. The van der Waals surface area contributed by atoms with Crippen molar-refractivity contribution in [3.05, 3.63) is 54.6 Å². The van der Waals surface area contributed by atoms with Gasteiger partial charge in [0.15, 0.2) is 0 Å². The molecule has 1 fully saturated rings. The zero-order valence-electron chi connectivity index (χ0n) is 11.7. The molecule has 3 rings (SSSR count). The Bertz CT molecular complexity index is 658. The summed E-state index contributed by atoms with van der Waals surface area (Å²) >= 11 is 0. The number of hydrazine groups is 1. The van der Waals surface area contributed by atoms with Crippen molar-refractivity contribution < 1.29 is 0 Å². The van der Waals surface area contributed by atoms with Gasteiger partial charge in [-0.05, 0) is 29.8 Å². The van der Waals surface area contributed by atoms with Gasteiger partial charge in [0, 0.05) is 13.0 Å². The molecule has 20 heavy (non-hydrogen) atoms. The maximum absolute atomic E-state index is 4.53. The van der Waals surface area contributed by atoms with Crippen LogP contribution in [0.25, 0.3) is 10.8 Å². The van der Waals surface area contributed by atoms with E-state index in [1.165, 1.54) is 16.5 Å². The zero-order chi connectivity index (χ0) is 13.8. The molecule has 1 aliphatic rings. The molecule has 0 radical (unpaired) electrons. The summed E-state index contributed by atoms with van der Waals surface area (Å²) in [6.07, 6.45) is 5.07. The summed E-state index contributed by atoms with van der Waals surface area (Å²) in [4.78, 5) is 4.53. The average molecular weight is 265 g/mol. The molecular weight excluding hydrogens is 246 g/mol. The first kappa shape index (κ1) is 12.7. The van der Waals surface area contributed by atoms with Crippen LogP contribution < -0.4 is 10.4 Å². The molecule has 0 amide bonds. The normalized spacial score (nSPS) is 17.2. The van der Waals surface area contributed by atoms with Crippen LogP contribution in [0.2, 0.25) is 0 Å². The third-order valence-electron chi connectivity index (χ3n) is 3.50. The number of hydrogen-bond donors (Lipinski definition) is 1. The van der Waals surface area contributed by atoms with Crippen molar-refractivity contribution in [3.63, 3.8) is 0 Å². The number of amidine groups is 1. The Hall–Kier alpha value is -2.29. The molecule has 0 bridgehead atoms. The molecule has 102 valence electrons. The van der Waals surface area contributed by atoms with Crippen molar-refractivity contribution in [3.8, 4) is 0 Å². The van der Waals surface area contributed by atoms with E-state index in [1.54, 1.807) is 0 Å². The van der Waals surface area contributed by atoms with Crippen molar-refractivity contribution in [1.82, 2.24) is 5.43 Å². The van der Waals surface area contributed by atoms with E-state index in [9.17, 15) is 0 Å². The fourth-order valence-corrected chi connectivity index (χ4v) is 2.41. The van der Waals surface area contributed by atoms with Crippen LogP contribution in [-0.4, -0.2) is 18.9 Å². The second-order valence-corrected chi connectivity index (χ2v) is 4.90. The quantitative estimate of drug-likeness (QED) is 0.860. The SMILES string of the molecule is CC=CCN=C1CCN(c2ccc3ccccc3c2)N1. The van der Waals surface area contributed by atoms with E-state index in [0.29, 0.717) is 0 Å². The Morgan fingerprint density at radius 1 is 1.20 bits per heavy atom. The maximum atomic E-state index is 4.53. The largest absolute Gasteiger partial charge is 0.286 e. The lowest BCUT2D eigenvalue weighted by atomic mass is 10.1. The smallest absolute Gasteiger partial charge is 0.117 e. The van der Waals surface area contributed by atoms with Crippen LogP contribution in [0.3, 0.4) is 0 Å². The van der Waals surface area contributed by atoms with Crippen LogP contribution in [0.15, 0.2) is 59.6 Å². The maximum Gasteiger partial charge on any atom is 0.117 e. The Kier molecular flexibility index (Phi) is 3.68. The number of benzene rings is 2. The molecule has 3 heteroatoms. The first-order valence-corrected chi connectivity index (χ1v) is 7.04. The lowest BCUT2D eigenvalue weighted by Gasteiger charge is -2.18. The Morgan fingerprint density at radius 2 is 2.05 bits per heavy atom. The Balaban J connectivity index is 1.77. The molecule has 2 aromatic carbocycles. The van der Waals surface area contributed by atoms with E-state index in [0.717, 1.165) is 25.3 Å². The van der Waals surface area contributed by atoms with Crippen molar-refractivity contribution in [1.29, 1.82) is 0 Å². The van der Waals surface area contributed by atoms with Crippen molar-refractivity contribution in [2.24, 2.45) is 4.99 Å². The number of allylic oxidation sites excluding steroid dienone is 1. The average Bonchev–Trinajstić information content (AvgIpc) is 2.96. The summed E-state index contributed by atoms with van der Waals surface area (Å²) in [7, 11) is 0. The topological polar surface area (TPSA) is 27.6 Å². The summed E-state index contributed by atoms with van der Waals surface area (Å²) in [5.74, 6) is 1.07. The minimum Gasteiger partial charge on any atom is -0.286 e. The number of nitrogens with one attached hydrogen (secondary N) is 1. The second-order valence-electron chi connectivity index (χ2n) is 4.90. The van der Waals surface area contributed by atoms with Crippen LogP contribution in [0.1, 0.15) is 13.3 Å². The molecule has 0 saturated carbocycles. The molecule has 0 aliphatic carbocycles. The number of rotatable bonds is 3. The molecular formula is C17H19N3. The van der Waals surface area contributed by atoms with Crippen LogP contribution in [0.5, 0.6) is 0 Å². The lowest BCUT2D eigenvalue weighted by molar-refractivity contribution is 0.858. The van der Waals surface area contributed by atoms with Gasteiger partial charge < -0.3 is 0 Å². The molecule has 1 heterocycles. The highest BCUT2D eigenvalue weighted by molar-refractivity contribution is 5.89. The predicted molar refractivity (Wildman–Crippen MR) is 86.2 cm³/mol. The number of anilines is 1. The second kappa shape index (κ2) is 5.78. The van der Waals surface area contributed by atoms with E-state index >= 15 is 0 Å². The number of nitrogens with zero attached hydrogens (tertiary/aromatic N) is 2. The minimum atomic E-state index is 0.754. The van der Waals surface area contributed by atoms with Gasteiger partial charge in [-0.15, -0.1) is 0 Å². The van der Waals surface area contributed by atoms with Gasteiger partial charge in [0.25, 0.3) is 0 Å². The number of aliphatic imine (C=N–C) groups is 1. The van der Waals surface area contributed by atoms with E-state index in [1.807, 2.05) is 13.0 Å². The number of fused-ring (bicyclic) bond motifs is 1. The van der Waals surface area contributed by atoms with Gasteiger partial charge in [-0.1, -0.05) is 42.5 Å². The van der Waals surface area contributed by atoms with Gasteiger partial charge in [0.1, 0.15) is 5.84 Å². The van der Waals surface area contributed by atoms with E-state index in [2.05, 4.69) is 64.0 Å². The highest BCUT2D eigenvalue weighted by Crippen LogP contribution is 2.22. The van der Waals surface area contributed by atoms with Crippen LogP contribution in [0.4, 0.5) is 5.69 Å². The van der Waals surface area contributed by atoms with Gasteiger partial charge in [0.05, 0.1) is 12.2 Å². The minimum absolute atomic E-state index is 0.754. The van der Waals surface area contributed by atoms with Gasteiger partial charge >= 0.3 is 0 Å². The van der Waals surface area contributed by atoms with Crippen molar-refractivity contribution in [2.45, 2.75) is 13.3 Å². The van der Waals surface area contributed by atoms with E-state index < -0.39 is 0 Å². The molecule has 3 nitrogen and oxygen atoms in total. The summed E-state index contributed by atoms with van der Waals surface area (Å²) in [5.41, 5.74) is 4.57. The van der Waals surface area contributed by atoms with Gasteiger partial charge in [-0.2, -0.15) is 0 Å². The monoisotopic (exact) mass is 265 g/mol. The third-order valence-corrected chi connectivity index (χ3v) is 3.50. The van der Waals surface area contributed by atoms with Crippen LogP contribution >= 0.6 is 0 Å². The summed E-state index contributed by atoms with van der Waals surface area (Å²) in [6, 6.07) is 15.0. The molecule has 0 spiro atoms.